The topological polar surface area (TPSA) is 12.4 Å². The molecule has 14 heavy (non-hydrogen) atoms. The monoisotopic (exact) mass is 185 g/mol. The molecule has 0 aromatic carbocycles. The third-order valence-electron chi connectivity index (χ3n) is 1.46. The molecule has 0 N–H and O–H groups in total. The first kappa shape index (κ1) is 12.1. The van der Waals surface area contributed by atoms with Crippen molar-refractivity contribution >= 4 is 6.21 Å². The molecule has 0 heterocycles. The molecule has 0 rings (SSSR count). The highest BCUT2D eigenvalue weighted by Crippen LogP contribution is 2.06. The number of hydrogen-bond donors (Lipinski definition) is 0. The van der Waals surface area contributed by atoms with Crippen LogP contribution in [0.1, 0.15) is 0 Å². The molecule has 0 aromatic heterocycles. The maximum absolute atomic E-state index is 3.92. The molecule has 0 unspecified atom stereocenters. The van der Waals surface area contributed by atoms with Gasteiger partial charge in [-0.3, -0.25) is 4.99 Å². The zero-order valence-electron chi connectivity index (χ0n) is 8.32. The van der Waals surface area contributed by atoms with E-state index in [0.29, 0.717) is 0 Å². The Labute approximate surface area is 85.9 Å². The van der Waals surface area contributed by atoms with Crippen LogP contribution >= 0.6 is 0 Å². The largest absolute Gasteiger partial charge is 0.265 e. The van der Waals surface area contributed by atoms with Crippen molar-refractivity contribution in [3.8, 4) is 0 Å². The van der Waals surface area contributed by atoms with Crippen molar-refractivity contribution in [1.82, 2.24) is 0 Å². The van der Waals surface area contributed by atoms with E-state index in [-0.39, 0.29) is 0 Å². The normalized spacial score (nSPS) is 11.9. The Morgan fingerprint density at radius 2 is 1.79 bits per heavy atom. The lowest BCUT2D eigenvalue weighted by atomic mass is 10.1. The van der Waals surface area contributed by atoms with E-state index in [9.17, 15) is 0 Å². The van der Waals surface area contributed by atoms with Crippen LogP contribution in [-0.4, -0.2) is 6.21 Å². The van der Waals surface area contributed by atoms with E-state index in [1.54, 1.807) is 18.4 Å². The predicted octanol–water partition coefficient (Wildman–Crippen LogP) is 3.61. The Morgan fingerprint density at radius 3 is 2.29 bits per heavy atom. The van der Waals surface area contributed by atoms with E-state index in [0.717, 1.165) is 11.1 Å². The maximum Gasteiger partial charge on any atom is 0.0345 e. The Hall–Kier alpha value is -1.89. The average molecular weight is 185 g/mol. The number of nitrogens with zero attached hydrogens (tertiary/aromatic N) is 1. The summed E-state index contributed by atoms with van der Waals surface area (Å²) in [4.78, 5) is 3.92. The molecule has 0 radical (unpaired) electrons. The second kappa shape index (κ2) is 7.74. The molecular formula is C13H15N. The summed E-state index contributed by atoms with van der Waals surface area (Å²) in [6.45, 7) is 14.6. The van der Waals surface area contributed by atoms with E-state index in [2.05, 4.69) is 31.3 Å². The van der Waals surface area contributed by atoms with E-state index >= 15 is 0 Å². The van der Waals surface area contributed by atoms with Gasteiger partial charge in [0, 0.05) is 12.4 Å². The van der Waals surface area contributed by atoms with E-state index in [4.69, 9.17) is 0 Å². The minimum Gasteiger partial charge on any atom is -0.265 e. The number of allylic oxidation sites excluding steroid dienone is 7. The summed E-state index contributed by atoms with van der Waals surface area (Å²) < 4.78 is 0. The van der Waals surface area contributed by atoms with Gasteiger partial charge in [0.1, 0.15) is 0 Å². The van der Waals surface area contributed by atoms with E-state index < -0.39 is 0 Å². The summed E-state index contributed by atoms with van der Waals surface area (Å²) in [7, 11) is 0. The minimum atomic E-state index is 0.823. The van der Waals surface area contributed by atoms with Crippen molar-refractivity contribution in [2.24, 2.45) is 4.99 Å². The molecule has 1 nitrogen and oxygen atoms in total. The van der Waals surface area contributed by atoms with Crippen LogP contribution in [-0.2, 0) is 0 Å². The Balaban J connectivity index is 4.78. The molecule has 72 valence electrons. The van der Waals surface area contributed by atoms with Crippen LogP contribution in [0.4, 0.5) is 0 Å². The molecule has 0 saturated heterocycles. The van der Waals surface area contributed by atoms with Crippen LogP contribution in [0.25, 0.3) is 0 Å². The summed E-state index contributed by atoms with van der Waals surface area (Å²) in [6, 6.07) is 0. The van der Waals surface area contributed by atoms with Crippen LogP contribution < -0.4 is 0 Å². The van der Waals surface area contributed by atoms with E-state index in [1.807, 2.05) is 18.2 Å². The van der Waals surface area contributed by atoms with Gasteiger partial charge in [0.05, 0.1) is 0 Å². The first-order valence-corrected chi connectivity index (χ1v) is 4.21. The van der Waals surface area contributed by atoms with Crippen LogP contribution in [0, 0.1) is 0 Å². The van der Waals surface area contributed by atoms with Crippen molar-refractivity contribution in [2.45, 2.75) is 0 Å². The summed E-state index contributed by atoms with van der Waals surface area (Å²) >= 11 is 0. The summed E-state index contributed by atoms with van der Waals surface area (Å²) in [6.07, 6.45) is 12.1. The molecule has 0 atom stereocenters. The third kappa shape index (κ3) is 4.88. The molecule has 0 fully saturated rings. The second-order valence-electron chi connectivity index (χ2n) is 2.43. The average Bonchev–Trinajstić information content (AvgIpc) is 2.22. The van der Waals surface area contributed by atoms with Crippen molar-refractivity contribution < 1.29 is 0 Å². The summed E-state index contributed by atoms with van der Waals surface area (Å²) in [5.41, 5.74) is 1.72. The van der Waals surface area contributed by atoms with Gasteiger partial charge in [-0.05, 0) is 11.1 Å². The maximum atomic E-state index is 3.92. The van der Waals surface area contributed by atoms with Gasteiger partial charge < -0.3 is 0 Å². The molecule has 0 amide bonds. The van der Waals surface area contributed by atoms with Crippen molar-refractivity contribution in [3.05, 3.63) is 74.0 Å². The van der Waals surface area contributed by atoms with Gasteiger partial charge in [0.2, 0.25) is 0 Å². The predicted molar refractivity (Wildman–Crippen MR) is 65.4 cm³/mol. The van der Waals surface area contributed by atoms with Gasteiger partial charge in [-0.1, -0.05) is 56.7 Å². The Kier molecular flexibility index (Phi) is 6.70. The standard InChI is InChI=1S/C13H15N/c1-5-8-9-10-13(11-14-7-3)12(4)6-2/h5-11H,1-4H2/b9-8-,13-10-,14-11?. The van der Waals surface area contributed by atoms with Gasteiger partial charge in [-0.15, -0.1) is 0 Å². The van der Waals surface area contributed by atoms with Crippen LogP contribution in [0.5, 0.6) is 0 Å². The van der Waals surface area contributed by atoms with Gasteiger partial charge >= 0.3 is 0 Å². The zero-order valence-corrected chi connectivity index (χ0v) is 8.32. The lowest BCUT2D eigenvalue weighted by molar-refractivity contribution is 1.57. The molecule has 0 saturated carbocycles. The van der Waals surface area contributed by atoms with Gasteiger partial charge in [0.15, 0.2) is 0 Å². The molecule has 0 bridgehead atoms. The molecule has 1 heteroatoms. The van der Waals surface area contributed by atoms with Crippen LogP contribution in [0.2, 0.25) is 0 Å². The molecule has 0 spiro atoms. The molecular weight excluding hydrogens is 170 g/mol. The quantitative estimate of drug-likeness (QED) is 0.443. The van der Waals surface area contributed by atoms with Crippen LogP contribution in [0.15, 0.2) is 79.0 Å². The number of hydrogen-bond acceptors (Lipinski definition) is 1. The van der Waals surface area contributed by atoms with Crippen LogP contribution in [0.3, 0.4) is 0 Å². The lowest BCUT2D eigenvalue weighted by Gasteiger charge is -1.97. The highest BCUT2D eigenvalue weighted by molar-refractivity contribution is 5.86. The Morgan fingerprint density at radius 1 is 1.07 bits per heavy atom. The summed E-state index contributed by atoms with van der Waals surface area (Å²) in [5, 5.41) is 0. The first-order chi connectivity index (χ1) is 6.76. The van der Waals surface area contributed by atoms with Gasteiger partial charge in [-0.2, -0.15) is 0 Å². The van der Waals surface area contributed by atoms with Gasteiger partial charge in [-0.25, -0.2) is 0 Å². The summed E-state index contributed by atoms with van der Waals surface area (Å²) in [5.74, 6) is 0. The number of rotatable bonds is 6. The molecule has 0 aliphatic rings. The fourth-order valence-corrected chi connectivity index (χ4v) is 0.722. The number of aliphatic imine (C=N–C) groups is 1. The Bertz CT molecular complexity index is 314. The van der Waals surface area contributed by atoms with Crippen molar-refractivity contribution in [1.29, 1.82) is 0 Å². The molecule has 0 aliphatic carbocycles. The second-order valence-corrected chi connectivity index (χ2v) is 2.43. The SMILES string of the molecule is C=C/C=C\C=C(\C=NC=C)C(=C)C=C. The first-order valence-electron chi connectivity index (χ1n) is 4.21. The highest BCUT2D eigenvalue weighted by atomic mass is 14.7. The van der Waals surface area contributed by atoms with E-state index in [1.165, 1.54) is 6.20 Å². The van der Waals surface area contributed by atoms with Crippen molar-refractivity contribution in [2.75, 3.05) is 0 Å². The fraction of sp³-hybridized carbons (Fsp3) is 0. The minimum absolute atomic E-state index is 0.823. The molecule has 0 aliphatic heterocycles. The third-order valence-corrected chi connectivity index (χ3v) is 1.46. The smallest absolute Gasteiger partial charge is 0.0345 e. The van der Waals surface area contributed by atoms with Gasteiger partial charge in [0.25, 0.3) is 0 Å². The lowest BCUT2D eigenvalue weighted by Crippen LogP contribution is -1.85. The molecule has 0 aromatic rings. The fourth-order valence-electron chi connectivity index (χ4n) is 0.722. The van der Waals surface area contributed by atoms with Crippen molar-refractivity contribution in [3.63, 3.8) is 0 Å². The zero-order chi connectivity index (χ0) is 10.8. The highest BCUT2D eigenvalue weighted by Gasteiger charge is 1.92.